The molecule has 90 valence electrons. The Balaban J connectivity index is 2.27. The minimum absolute atomic E-state index is 0.681. The lowest BCUT2D eigenvalue weighted by Crippen LogP contribution is -1.97. The summed E-state index contributed by atoms with van der Waals surface area (Å²) in [5.41, 5.74) is 0.932. The first-order chi connectivity index (χ1) is 8.20. The standard InChI is InChI=1S/C12H12Cl2N2S/c1-2-5-15-12-16-7-11(17-12)9-6-8(13)3-4-10(9)14/h3-4,6-7H,2,5H2,1H3,(H,15,16). The Morgan fingerprint density at radius 3 is 2.94 bits per heavy atom. The zero-order chi connectivity index (χ0) is 12.3. The van der Waals surface area contributed by atoms with Gasteiger partial charge in [0.2, 0.25) is 0 Å². The number of nitrogens with one attached hydrogen (secondary N) is 1. The second-order valence-corrected chi connectivity index (χ2v) is 5.45. The fourth-order valence-electron chi connectivity index (χ4n) is 1.40. The lowest BCUT2D eigenvalue weighted by atomic mass is 10.2. The third-order valence-electron chi connectivity index (χ3n) is 2.23. The van der Waals surface area contributed by atoms with Crippen molar-refractivity contribution in [1.82, 2.24) is 4.98 Å². The van der Waals surface area contributed by atoms with Crippen molar-refractivity contribution < 1.29 is 0 Å². The molecule has 1 N–H and O–H groups in total. The van der Waals surface area contributed by atoms with Gasteiger partial charge in [-0.05, 0) is 24.6 Å². The molecule has 0 atom stereocenters. The highest BCUT2D eigenvalue weighted by atomic mass is 35.5. The van der Waals surface area contributed by atoms with E-state index in [1.165, 1.54) is 0 Å². The molecule has 0 unspecified atom stereocenters. The first kappa shape index (κ1) is 12.7. The number of aromatic nitrogens is 1. The molecule has 0 amide bonds. The summed E-state index contributed by atoms with van der Waals surface area (Å²) < 4.78 is 0. The molecular formula is C12H12Cl2N2S. The van der Waals surface area contributed by atoms with Crippen molar-refractivity contribution in [2.75, 3.05) is 11.9 Å². The maximum absolute atomic E-state index is 6.14. The van der Waals surface area contributed by atoms with Crippen molar-refractivity contribution >= 4 is 39.7 Å². The lowest BCUT2D eigenvalue weighted by molar-refractivity contribution is 0.976. The van der Waals surface area contributed by atoms with E-state index in [2.05, 4.69) is 17.2 Å². The smallest absolute Gasteiger partial charge is 0.183 e. The van der Waals surface area contributed by atoms with Crippen LogP contribution in [0.1, 0.15) is 13.3 Å². The topological polar surface area (TPSA) is 24.9 Å². The largest absolute Gasteiger partial charge is 0.362 e. The number of nitrogens with zero attached hydrogens (tertiary/aromatic N) is 1. The Hall–Kier alpha value is -0.770. The average molecular weight is 287 g/mol. The molecule has 0 aliphatic rings. The van der Waals surface area contributed by atoms with Crippen molar-refractivity contribution in [2.24, 2.45) is 0 Å². The van der Waals surface area contributed by atoms with Crippen molar-refractivity contribution in [3.63, 3.8) is 0 Å². The Kier molecular flexibility index (Phi) is 4.26. The fraction of sp³-hybridized carbons (Fsp3) is 0.250. The van der Waals surface area contributed by atoms with Crippen LogP contribution in [0.5, 0.6) is 0 Å². The first-order valence-corrected chi connectivity index (χ1v) is 6.93. The zero-order valence-electron chi connectivity index (χ0n) is 9.34. The van der Waals surface area contributed by atoms with E-state index in [0.717, 1.165) is 28.5 Å². The van der Waals surface area contributed by atoms with Gasteiger partial charge in [-0.2, -0.15) is 0 Å². The van der Waals surface area contributed by atoms with Crippen LogP contribution in [0.25, 0.3) is 10.4 Å². The summed E-state index contributed by atoms with van der Waals surface area (Å²) in [6.07, 6.45) is 2.90. The van der Waals surface area contributed by atoms with Crippen LogP contribution in [0.4, 0.5) is 5.13 Å². The minimum atomic E-state index is 0.681. The van der Waals surface area contributed by atoms with Gasteiger partial charge in [0, 0.05) is 28.4 Å². The predicted octanol–water partition coefficient (Wildman–Crippen LogP) is 4.94. The second kappa shape index (κ2) is 5.71. The number of halogens is 2. The van der Waals surface area contributed by atoms with Crippen molar-refractivity contribution in [3.05, 3.63) is 34.4 Å². The van der Waals surface area contributed by atoms with Gasteiger partial charge < -0.3 is 5.32 Å². The number of rotatable bonds is 4. The monoisotopic (exact) mass is 286 g/mol. The summed E-state index contributed by atoms with van der Waals surface area (Å²) >= 11 is 13.7. The molecule has 1 aromatic carbocycles. The van der Waals surface area contributed by atoms with Crippen LogP contribution < -0.4 is 5.32 Å². The van der Waals surface area contributed by atoms with Gasteiger partial charge in [0.15, 0.2) is 5.13 Å². The van der Waals surface area contributed by atoms with E-state index >= 15 is 0 Å². The molecular weight excluding hydrogens is 275 g/mol. The summed E-state index contributed by atoms with van der Waals surface area (Å²) in [7, 11) is 0. The Morgan fingerprint density at radius 1 is 1.35 bits per heavy atom. The van der Waals surface area contributed by atoms with E-state index in [0.29, 0.717) is 10.0 Å². The van der Waals surface area contributed by atoms with E-state index in [4.69, 9.17) is 23.2 Å². The molecule has 2 rings (SSSR count). The van der Waals surface area contributed by atoms with E-state index in [1.807, 2.05) is 12.3 Å². The van der Waals surface area contributed by atoms with Crippen LogP contribution in [0.3, 0.4) is 0 Å². The van der Waals surface area contributed by atoms with Crippen molar-refractivity contribution in [1.29, 1.82) is 0 Å². The van der Waals surface area contributed by atoms with E-state index in [1.54, 1.807) is 23.5 Å². The summed E-state index contributed by atoms with van der Waals surface area (Å²) in [6.45, 7) is 3.05. The highest BCUT2D eigenvalue weighted by Crippen LogP contribution is 2.35. The van der Waals surface area contributed by atoms with Crippen LogP contribution in [0, 0.1) is 0 Å². The number of benzene rings is 1. The van der Waals surface area contributed by atoms with Gasteiger partial charge in [0.25, 0.3) is 0 Å². The van der Waals surface area contributed by atoms with E-state index in [-0.39, 0.29) is 0 Å². The molecule has 17 heavy (non-hydrogen) atoms. The SMILES string of the molecule is CCCNc1ncc(-c2cc(Cl)ccc2Cl)s1. The third-order valence-corrected chi connectivity index (χ3v) is 3.78. The molecule has 0 aliphatic carbocycles. The first-order valence-electron chi connectivity index (χ1n) is 5.36. The fourth-order valence-corrected chi connectivity index (χ4v) is 2.72. The second-order valence-electron chi connectivity index (χ2n) is 3.58. The Bertz CT molecular complexity index is 511. The highest BCUT2D eigenvalue weighted by molar-refractivity contribution is 7.18. The van der Waals surface area contributed by atoms with Gasteiger partial charge in [0.05, 0.1) is 4.88 Å². The summed E-state index contributed by atoms with van der Waals surface area (Å²) in [4.78, 5) is 5.33. The summed E-state index contributed by atoms with van der Waals surface area (Å²) in [6, 6.07) is 5.45. The van der Waals surface area contributed by atoms with E-state index < -0.39 is 0 Å². The van der Waals surface area contributed by atoms with Gasteiger partial charge in [-0.1, -0.05) is 41.5 Å². The van der Waals surface area contributed by atoms with Crippen molar-refractivity contribution in [3.8, 4) is 10.4 Å². The molecule has 2 aromatic rings. The van der Waals surface area contributed by atoms with Crippen LogP contribution in [-0.4, -0.2) is 11.5 Å². The Morgan fingerprint density at radius 2 is 2.18 bits per heavy atom. The molecule has 2 nitrogen and oxygen atoms in total. The van der Waals surface area contributed by atoms with Gasteiger partial charge in [0.1, 0.15) is 0 Å². The normalized spacial score (nSPS) is 10.5. The quantitative estimate of drug-likeness (QED) is 0.861. The van der Waals surface area contributed by atoms with Crippen LogP contribution in [-0.2, 0) is 0 Å². The van der Waals surface area contributed by atoms with Crippen LogP contribution in [0.15, 0.2) is 24.4 Å². The lowest BCUT2D eigenvalue weighted by Gasteiger charge is -2.01. The van der Waals surface area contributed by atoms with Gasteiger partial charge in [-0.15, -0.1) is 0 Å². The van der Waals surface area contributed by atoms with Crippen molar-refractivity contribution in [2.45, 2.75) is 13.3 Å². The molecule has 0 fully saturated rings. The van der Waals surface area contributed by atoms with Gasteiger partial charge in [-0.25, -0.2) is 4.98 Å². The molecule has 1 heterocycles. The number of hydrogen-bond donors (Lipinski definition) is 1. The van der Waals surface area contributed by atoms with E-state index in [9.17, 15) is 0 Å². The number of anilines is 1. The molecule has 0 bridgehead atoms. The molecule has 0 spiro atoms. The minimum Gasteiger partial charge on any atom is -0.362 e. The average Bonchev–Trinajstić information content (AvgIpc) is 2.78. The Labute approximate surface area is 115 Å². The maximum atomic E-state index is 6.14. The summed E-state index contributed by atoms with van der Waals surface area (Å²) in [5.74, 6) is 0. The van der Waals surface area contributed by atoms with Crippen LogP contribution in [0.2, 0.25) is 10.0 Å². The van der Waals surface area contributed by atoms with Gasteiger partial charge in [-0.3, -0.25) is 0 Å². The highest BCUT2D eigenvalue weighted by Gasteiger charge is 2.08. The van der Waals surface area contributed by atoms with Crippen LogP contribution >= 0.6 is 34.5 Å². The maximum Gasteiger partial charge on any atom is 0.183 e. The number of hydrogen-bond acceptors (Lipinski definition) is 3. The molecule has 0 saturated heterocycles. The molecule has 0 aliphatic heterocycles. The number of thiazole rings is 1. The van der Waals surface area contributed by atoms with Gasteiger partial charge >= 0.3 is 0 Å². The molecule has 1 aromatic heterocycles. The molecule has 0 saturated carbocycles. The molecule has 5 heteroatoms. The summed E-state index contributed by atoms with van der Waals surface area (Å²) in [5, 5.41) is 5.54. The third kappa shape index (κ3) is 3.12. The zero-order valence-corrected chi connectivity index (χ0v) is 11.7. The predicted molar refractivity (Wildman–Crippen MR) is 76.4 cm³/mol. The molecule has 0 radical (unpaired) electrons.